The van der Waals surface area contributed by atoms with Crippen molar-refractivity contribution in [1.29, 1.82) is 0 Å². The van der Waals surface area contributed by atoms with Gasteiger partial charge in [-0.3, -0.25) is 9.35 Å². The van der Waals surface area contributed by atoms with Gasteiger partial charge in [0.25, 0.3) is 0 Å². The fourth-order valence-electron chi connectivity index (χ4n) is 1.80. The Kier molecular flexibility index (Phi) is 6.92. The Morgan fingerprint density at radius 3 is 2.19 bits per heavy atom. The quantitative estimate of drug-likeness (QED) is 0.411. The summed E-state index contributed by atoms with van der Waals surface area (Å²) in [5.41, 5.74) is 0. The SMILES string of the molecule is CO[Si](C)(C)CC(C)CC(=O)OC(C)C(F)(F)S(=O)(=O)O. The van der Waals surface area contributed by atoms with Crippen LogP contribution in [0.2, 0.25) is 19.1 Å². The van der Waals surface area contributed by atoms with Gasteiger partial charge in [0.15, 0.2) is 14.4 Å². The molecule has 0 heterocycles. The molecule has 0 aromatic carbocycles. The van der Waals surface area contributed by atoms with Crippen molar-refractivity contribution < 1.29 is 35.7 Å². The first-order chi connectivity index (χ1) is 9.23. The lowest BCUT2D eigenvalue weighted by Crippen LogP contribution is -2.42. The second kappa shape index (κ2) is 7.12. The first-order valence-electron chi connectivity index (χ1n) is 6.32. The molecule has 6 nitrogen and oxygen atoms in total. The van der Waals surface area contributed by atoms with Gasteiger partial charge in [0.2, 0.25) is 0 Å². The molecule has 2 unspecified atom stereocenters. The normalized spacial score (nSPS) is 16.4. The number of hydrogen-bond donors (Lipinski definition) is 1. The van der Waals surface area contributed by atoms with E-state index in [1.807, 2.05) is 13.1 Å². The molecule has 0 amide bonds. The van der Waals surface area contributed by atoms with E-state index in [0.717, 1.165) is 0 Å². The zero-order chi connectivity index (χ0) is 17.1. The summed E-state index contributed by atoms with van der Waals surface area (Å²) in [6.07, 6.45) is -2.40. The third kappa shape index (κ3) is 6.37. The van der Waals surface area contributed by atoms with Crippen molar-refractivity contribution in [3.8, 4) is 0 Å². The predicted molar refractivity (Wildman–Crippen MR) is 75.1 cm³/mol. The first kappa shape index (κ1) is 20.4. The lowest BCUT2D eigenvalue weighted by Gasteiger charge is -2.25. The van der Waals surface area contributed by atoms with E-state index in [0.29, 0.717) is 13.0 Å². The van der Waals surface area contributed by atoms with Gasteiger partial charge < -0.3 is 9.16 Å². The third-order valence-corrected chi connectivity index (χ3v) is 6.84. The first-order valence-corrected chi connectivity index (χ1v) is 10.9. The lowest BCUT2D eigenvalue weighted by molar-refractivity contribution is -0.160. The molecule has 0 saturated carbocycles. The number of esters is 1. The number of rotatable bonds is 8. The molecule has 126 valence electrons. The number of hydrogen-bond acceptors (Lipinski definition) is 5. The van der Waals surface area contributed by atoms with Crippen LogP contribution in [-0.4, -0.2) is 45.7 Å². The van der Waals surface area contributed by atoms with Gasteiger partial charge in [0, 0.05) is 13.5 Å². The Labute approximate surface area is 124 Å². The monoisotopic (exact) mass is 348 g/mol. The minimum Gasteiger partial charge on any atom is -0.455 e. The van der Waals surface area contributed by atoms with Crippen LogP contribution in [0, 0.1) is 5.92 Å². The van der Waals surface area contributed by atoms with E-state index in [9.17, 15) is 22.0 Å². The molecule has 0 aliphatic rings. The summed E-state index contributed by atoms with van der Waals surface area (Å²) in [7, 11) is -5.96. The minimum absolute atomic E-state index is 0.133. The second-order valence-corrected chi connectivity index (χ2v) is 11.5. The molecular weight excluding hydrogens is 326 g/mol. The molecule has 1 N–H and O–H groups in total. The molecule has 0 fully saturated rings. The number of carbonyl (C=O) groups excluding carboxylic acids is 1. The number of halogens is 2. The molecule has 2 atom stereocenters. The van der Waals surface area contributed by atoms with Gasteiger partial charge in [0.05, 0.1) is 0 Å². The fourth-order valence-corrected chi connectivity index (χ4v) is 4.26. The van der Waals surface area contributed by atoms with Gasteiger partial charge in [-0.05, 0) is 32.0 Å². The summed E-state index contributed by atoms with van der Waals surface area (Å²) < 4.78 is 65.6. The third-order valence-electron chi connectivity index (χ3n) is 3.03. The van der Waals surface area contributed by atoms with Crippen LogP contribution < -0.4 is 0 Å². The Morgan fingerprint density at radius 2 is 1.81 bits per heavy atom. The van der Waals surface area contributed by atoms with Gasteiger partial charge in [-0.2, -0.15) is 17.2 Å². The van der Waals surface area contributed by atoms with Crippen molar-refractivity contribution in [3.05, 3.63) is 0 Å². The molecule has 21 heavy (non-hydrogen) atoms. The van der Waals surface area contributed by atoms with Crippen molar-refractivity contribution in [3.63, 3.8) is 0 Å². The number of alkyl halides is 2. The highest BCUT2D eigenvalue weighted by Crippen LogP contribution is 2.28. The zero-order valence-electron chi connectivity index (χ0n) is 12.7. The summed E-state index contributed by atoms with van der Waals surface area (Å²) in [6, 6.07) is 0.627. The molecule has 0 aliphatic carbocycles. The van der Waals surface area contributed by atoms with Gasteiger partial charge in [-0.15, -0.1) is 0 Å². The molecule has 0 spiro atoms. The molecule has 0 radical (unpaired) electrons. The van der Waals surface area contributed by atoms with Crippen LogP contribution >= 0.6 is 0 Å². The summed E-state index contributed by atoms with van der Waals surface area (Å²) >= 11 is 0. The zero-order valence-corrected chi connectivity index (χ0v) is 14.5. The van der Waals surface area contributed by atoms with E-state index < -0.39 is 35.8 Å². The van der Waals surface area contributed by atoms with Crippen LogP contribution in [0.4, 0.5) is 8.78 Å². The van der Waals surface area contributed by atoms with Gasteiger partial charge in [-0.25, -0.2) is 0 Å². The van der Waals surface area contributed by atoms with E-state index in [-0.39, 0.29) is 12.3 Å². The Morgan fingerprint density at radius 1 is 1.33 bits per heavy atom. The molecule has 0 rings (SSSR count). The van der Waals surface area contributed by atoms with Gasteiger partial charge >= 0.3 is 21.3 Å². The molecule has 10 heteroatoms. The topological polar surface area (TPSA) is 89.9 Å². The van der Waals surface area contributed by atoms with Crippen LogP contribution in [0.25, 0.3) is 0 Å². The maximum Gasteiger partial charge on any atom is 0.405 e. The number of carbonyl (C=O) groups is 1. The fraction of sp³-hybridized carbons (Fsp3) is 0.909. The Hall–Kier alpha value is -0.583. The molecule has 0 aromatic rings. The second-order valence-electron chi connectivity index (χ2n) is 5.65. The molecular formula is C11H22F2O6SSi. The average Bonchev–Trinajstić information content (AvgIpc) is 2.25. The standard InChI is InChI=1S/C11H22F2O6SSi/c1-8(7-21(4,5)18-3)6-10(14)19-9(2)11(12,13)20(15,16)17/h8-9H,6-7H2,1-5H3,(H,15,16,17). The highest BCUT2D eigenvalue weighted by Gasteiger charge is 2.51. The van der Waals surface area contributed by atoms with Crippen LogP contribution in [-0.2, 0) is 24.1 Å². The predicted octanol–water partition coefficient (Wildman–Crippen LogP) is 2.28. The largest absolute Gasteiger partial charge is 0.455 e. The van der Waals surface area contributed by atoms with Crippen LogP contribution in [0.3, 0.4) is 0 Å². The van der Waals surface area contributed by atoms with E-state index in [2.05, 4.69) is 4.74 Å². The van der Waals surface area contributed by atoms with Crippen molar-refractivity contribution in [2.75, 3.05) is 7.11 Å². The summed E-state index contributed by atoms with van der Waals surface area (Å²) in [6.45, 7) is 6.36. The van der Waals surface area contributed by atoms with Gasteiger partial charge in [0.1, 0.15) is 0 Å². The Balaban J connectivity index is 4.58. The minimum atomic E-state index is -5.63. The number of ether oxygens (including phenoxy) is 1. The molecule has 0 bridgehead atoms. The Bertz CT molecular complexity index is 465. The maximum atomic E-state index is 13.2. The highest BCUT2D eigenvalue weighted by molar-refractivity contribution is 7.86. The van der Waals surface area contributed by atoms with Crippen LogP contribution in [0.1, 0.15) is 20.3 Å². The van der Waals surface area contributed by atoms with Crippen molar-refractivity contribution in [1.82, 2.24) is 0 Å². The van der Waals surface area contributed by atoms with Crippen molar-refractivity contribution >= 4 is 24.4 Å². The van der Waals surface area contributed by atoms with Crippen LogP contribution in [0.15, 0.2) is 0 Å². The van der Waals surface area contributed by atoms with Crippen molar-refractivity contribution in [2.45, 2.75) is 50.8 Å². The molecule has 0 aromatic heterocycles. The molecule has 0 aliphatic heterocycles. The lowest BCUT2D eigenvalue weighted by atomic mass is 10.1. The van der Waals surface area contributed by atoms with E-state index in [1.54, 1.807) is 14.0 Å². The average molecular weight is 348 g/mol. The molecule has 0 saturated heterocycles. The maximum absolute atomic E-state index is 13.2. The summed E-state index contributed by atoms with van der Waals surface area (Å²) in [5.74, 6) is -1.09. The van der Waals surface area contributed by atoms with Gasteiger partial charge in [-0.1, -0.05) is 6.92 Å². The van der Waals surface area contributed by atoms with E-state index in [4.69, 9.17) is 8.98 Å². The smallest absolute Gasteiger partial charge is 0.405 e. The van der Waals surface area contributed by atoms with Crippen LogP contribution in [0.5, 0.6) is 0 Å². The van der Waals surface area contributed by atoms with Crippen molar-refractivity contribution in [2.24, 2.45) is 5.92 Å². The van der Waals surface area contributed by atoms with E-state index in [1.165, 1.54) is 0 Å². The summed E-state index contributed by atoms with van der Waals surface area (Å²) in [5, 5.41) is -4.54. The summed E-state index contributed by atoms with van der Waals surface area (Å²) in [4.78, 5) is 11.6. The highest BCUT2D eigenvalue weighted by atomic mass is 32.2. The van der Waals surface area contributed by atoms with E-state index >= 15 is 0 Å².